The minimum atomic E-state index is -3.65. The first kappa shape index (κ1) is 26.4. The summed E-state index contributed by atoms with van der Waals surface area (Å²) >= 11 is 0. The zero-order chi connectivity index (χ0) is 24.9. The van der Waals surface area contributed by atoms with E-state index in [0.29, 0.717) is 22.5 Å². The second-order valence-electron chi connectivity index (χ2n) is 7.92. The largest absolute Gasteiger partial charge is 0.478 e. The summed E-state index contributed by atoms with van der Waals surface area (Å²) < 4.78 is 38.6. The monoisotopic (exact) mass is 481 g/mol. The number of hydrogen-bond acceptors (Lipinski definition) is 7. The lowest BCUT2D eigenvalue weighted by Gasteiger charge is -2.22. The summed E-state index contributed by atoms with van der Waals surface area (Å²) in [5, 5.41) is 29.0. The Morgan fingerprint density at radius 1 is 1.18 bits per heavy atom. The number of carboxylic acid groups (broad SMARTS) is 1. The van der Waals surface area contributed by atoms with Crippen molar-refractivity contribution in [3.8, 4) is 11.3 Å². The summed E-state index contributed by atoms with van der Waals surface area (Å²) in [6.07, 6.45) is 0.341. The molecule has 0 bridgehead atoms. The van der Waals surface area contributed by atoms with Crippen LogP contribution in [0.5, 0.6) is 0 Å². The van der Waals surface area contributed by atoms with E-state index in [9.17, 15) is 27.8 Å². The van der Waals surface area contributed by atoms with Crippen molar-refractivity contribution < 1.29 is 32.9 Å². The molecule has 0 fully saturated rings. The normalized spacial score (nSPS) is 13.9. The Morgan fingerprint density at radius 3 is 2.30 bits per heavy atom. The van der Waals surface area contributed by atoms with Gasteiger partial charge in [-0.3, -0.25) is 0 Å². The van der Waals surface area contributed by atoms with Crippen LogP contribution in [0.15, 0.2) is 36.4 Å². The Kier molecular flexibility index (Phi) is 8.64. The molecule has 0 saturated carbocycles. The molecule has 11 heteroatoms. The number of benzene rings is 1. The molecule has 1 heterocycles. The van der Waals surface area contributed by atoms with E-state index < -0.39 is 34.0 Å². The number of nitrogens with zero attached hydrogens (tertiary/aromatic N) is 3. The highest BCUT2D eigenvalue weighted by atomic mass is 32.2. The van der Waals surface area contributed by atoms with E-state index in [0.717, 1.165) is 22.7 Å². The van der Waals surface area contributed by atoms with Gasteiger partial charge in [0, 0.05) is 24.3 Å². The van der Waals surface area contributed by atoms with Crippen molar-refractivity contribution in [2.75, 3.05) is 17.6 Å². The Morgan fingerprint density at radius 2 is 1.79 bits per heavy atom. The van der Waals surface area contributed by atoms with Crippen molar-refractivity contribution in [1.29, 1.82) is 0 Å². The first-order chi connectivity index (χ1) is 15.3. The first-order valence-electron chi connectivity index (χ1n) is 10.2. The summed E-state index contributed by atoms with van der Waals surface area (Å²) in [5.41, 5.74) is 2.05. The highest BCUT2D eigenvalue weighted by Crippen LogP contribution is 2.31. The molecule has 1 aromatic carbocycles. The zero-order valence-corrected chi connectivity index (χ0v) is 19.6. The minimum absolute atomic E-state index is 0.0453. The van der Waals surface area contributed by atoms with Crippen LogP contribution in [0, 0.1) is 5.82 Å². The number of anilines is 1. The van der Waals surface area contributed by atoms with Crippen LogP contribution in [-0.4, -0.2) is 65.2 Å². The third-order valence-electron chi connectivity index (χ3n) is 4.99. The van der Waals surface area contributed by atoms with Crippen LogP contribution in [0.4, 0.5) is 10.3 Å². The van der Waals surface area contributed by atoms with Crippen LogP contribution in [-0.2, 0) is 21.2 Å². The maximum Gasteiger partial charge on any atom is 0.328 e. The molecule has 2 aromatic rings. The van der Waals surface area contributed by atoms with E-state index in [4.69, 9.17) is 5.11 Å². The van der Waals surface area contributed by atoms with Crippen molar-refractivity contribution in [3.63, 3.8) is 0 Å². The Hall–Kier alpha value is -2.89. The Bertz CT molecular complexity index is 1120. The third kappa shape index (κ3) is 7.04. The maximum atomic E-state index is 13.5. The molecule has 2 atom stereocenters. The van der Waals surface area contributed by atoms with Gasteiger partial charge in [-0.2, -0.15) is 0 Å². The summed E-state index contributed by atoms with van der Waals surface area (Å²) in [7, 11) is -2.32. The molecular formula is C22H28FN3O6S. The van der Waals surface area contributed by atoms with Gasteiger partial charge in [0.1, 0.15) is 5.82 Å². The number of aromatic nitrogens is 2. The average Bonchev–Trinajstić information content (AvgIpc) is 2.74. The highest BCUT2D eigenvalue weighted by Gasteiger charge is 2.24. The van der Waals surface area contributed by atoms with Gasteiger partial charge in [0.15, 0.2) is 0 Å². The van der Waals surface area contributed by atoms with E-state index in [2.05, 4.69) is 9.97 Å². The smallest absolute Gasteiger partial charge is 0.328 e. The average molecular weight is 482 g/mol. The van der Waals surface area contributed by atoms with E-state index in [1.807, 2.05) is 13.8 Å². The molecule has 0 amide bonds. The van der Waals surface area contributed by atoms with Gasteiger partial charge in [0.05, 0.1) is 29.9 Å². The predicted octanol–water partition coefficient (Wildman–Crippen LogP) is 2.10. The van der Waals surface area contributed by atoms with Gasteiger partial charge >= 0.3 is 5.97 Å². The molecule has 180 valence electrons. The Balaban J connectivity index is 2.57. The number of rotatable bonds is 10. The SMILES string of the molecule is CC(C)c1nc(N(C)S(C)(=O)=O)nc(-c2ccc(F)cc2)c1CC[C@H](O)C(O)C=CC(=O)O. The molecule has 9 nitrogen and oxygen atoms in total. The highest BCUT2D eigenvalue weighted by molar-refractivity contribution is 7.92. The van der Waals surface area contributed by atoms with Crippen LogP contribution in [0.1, 0.15) is 37.4 Å². The van der Waals surface area contributed by atoms with E-state index >= 15 is 0 Å². The lowest BCUT2D eigenvalue weighted by Crippen LogP contribution is -2.28. The van der Waals surface area contributed by atoms with E-state index in [1.54, 1.807) is 0 Å². The number of sulfonamides is 1. The molecular weight excluding hydrogens is 453 g/mol. The van der Waals surface area contributed by atoms with Crippen LogP contribution >= 0.6 is 0 Å². The van der Waals surface area contributed by atoms with Gasteiger partial charge in [-0.05, 0) is 49.1 Å². The molecule has 0 spiro atoms. The number of carboxylic acids is 1. The standard InChI is InChI=1S/C22H28FN3O6S/c1-13(2)20-16(9-10-17(27)18(28)11-12-19(29)30)21(14-5-7-15(23)8-6-14)25-22(24-20)26(3)33(4,31)32/h5-8,11-13,17-18,27-28H,9-10H2,1-4H3,(H,29,30)/t17-,18?/m0/s1. The van der Waals surface area contributed by atoms with Gasteiger partial charge in [0.2, 0.25) is 16.0 Å². The molecule has 0 aliphatic carbocycles. The summed E-state index contributed by atoms with van der Waals surface area (Å²) in [5.74, 6) is -1.89. The lowest BCUT2D eigenvalue weighted by atomic mass is 9.93. The molecule has 1 aromatic heterocycles. The van der Waals surface area contributed by atoms with E-state index in [1.165, 1.54) is 31.3 Å². The first-order valence-corrected chi connectivity index (χ1v) is 12.0. The topological polar surface area (TPSA) is 141 Å². The second kappa shape index (κ2) is 10.8. The van der Waals surface area contributed by atoms with Crippen molar-refractivity contribution in [2.24, 2.45) is 0 Å². The van der Waals surface area contributed by atoms with Crippen molar-refractivity contribution in [1.82, 2.24) is 9.97 Å². The van der Waals surface area contributed by atoms with Crippen molar-refractivity contribution in [3.05, 3.63) is 53.5 Å². The van der Waals surface area contributed by atoms with Gasteiger partial charge in [-0.15, -0.1) is 0 Å². The van der Waals surface area contributed by atoms with Crippen molar-refractivity contribution >= 4 is 21.9 Å². The van der Waals surface area contributed by atoms with Crippen LogP contribution in [0.25, 0.3) is 11.3 Å². The van der Waals surface area contributed by atoms with Crippen LogP contribution in [0.2, 0.25) is 0 Å². The van der Waals surface area contributed by atoms with E-state index in [-0.39, 0.29) is 24.7 Å². The Labute approximate surface area is 192 Å². The number of halogens is 1. The van der Waals surface area contributed by atoms with Gasteiger partial charge in [-0.25, -0.2) is 31.9 Å². The zero-order valence-electron chi connectivity index (χ0n) is 18.8. The maximum absolute atomic E-state index is 13.5. The molecule has 0 aliphatic rings. The predicted molar refractivity (Wildman–Crippen MR) is 122 cm³/mol. The van der Waals surface area contributed by atoms with Gasteiger partial charge in [0.25, 0.3) is 0 Å². The molecule has 0 saturated heterocycles. The fourth-order valence-corrected chi connectivity index (χ4v) is 3.50. The fraction of sp³-hybridized carbons (Fsp3) is 0.409. The van der Waals surface area contributed by atoms with Gasteiger partial charge in [-0.1, -0.05) is 13.8 Å². The lowest BCUT2D eigenvalue weighted by molar-refractivity contribution is -0.131. The third-order valence-corrected chi connectivity index (χ3v) is 6.15. The van der Waals surface area contributed by atoms with Crippen LogP contribution < -0.4 is 4.31 Å². The molecule has 2 rings (SSSR count). The number of aliphatic hydroxyl groups is 2. The number of aliphatic hydroxyl groups excluding tert-OH is 2. The molecule has 0 radical (unpaired) electrons. The fourth-order valence-electron chi connectivity index (χ4n) is 3.12. The quantitative estimate of drug-likeness (QED) is 0.438. The molecule has 3 N–H and O–H groups in total. The summed E-state index contributed by atoms with van der Waals surface area (Å²) in [4.78, 5) is 19.5. The second-order valence-corrected chi connectivity index (χ2v) is 9.94. The summed E-state index contributed by atoms with van der Waals surface area (Å²) in [6, 6.07) is 5.53. The van der Waals surface area contributed by atoms with Crippen molar-refractivity contribution in [2.45, 2.75) is 44.8 Å². The number of hydrogen-bond donors (Lipinski definition) is 3. The molecule has 1 unspecified atom stereocenters. The minimum Gasteiger partial charge on any atom is -0.478 e. The molecule has 33 heavy (non-hydrogen) atoms. The molecule has 0 aliphatic heterocycles. The number of aliphatic carboxylic acids is 1. The van der Waals surface area contributed by atoms with Gasteiger partial charge < -0.3 is 15.3 Å². The number of carbonyl (C=O) groups is 1. The van der Waals surface area contributed by atoms with Crippen LogP contribution in [0.3, 0.4) is 0 Å². The summed E-state index contributed by atoms with van der Waals surface area (Å²) in [6.45, 7) is 3.73.